The van der Waals surface area contributed by atoms with Crippen molar-refractivity contribution in [1.29, 1.82) is 0 Å². The fourth-order valence-corrected chi connectivity index (χ4v) is 7.43. The number of carbonyl (C=O) groups is 5. The van der Waals surface area contributed by atoms with E-state index in [4.69, 9.17) is 34.2 Å². The first-order chi connectivity index (χ1) is 32.2. The van der Waals surface area contributed by atoms with Gasteiger partial charge in [0.15, 0.2) is 24.7 Å². The van der Waals surface area contributed by atoms with Gasteiger partial charge in [0.25, 0.3) is 0 Å². The molecule has 4 amide bonds. The third-order valence-corrected chi connectivity index (χ3v) is 11.7. The van der Waals surface area contributed by atoms with E-state index < -0.39 is 161 Å². The quantitative estimate of drug-likeness (QED) is 0.0310. The number of aliphatic hydroxyl groups is 11. The lowest BCUT2D eigenvalue weighted by molar-refractivity contribution is -0.303. The fourth-order valence-electron chi connectivity index (χ4n) is 7.43. The number of ether oxygens (including phenoxy) is 6. The number of rotatable bonds is 29. The predicted molar refractivity (Wildman–Crippen MR) is 228 cm³/mol. The number of amides is 4. The third-order valence-electron chi connectivity index (χ3n) is 11.7. The molecule has 0 aromatic rings. The van der Waals surface area contributed by atoms with Gasteiger partial charge in [0, 0.05) is 32.5 Å². The summed E-state index contributed by atoms with van der Waals surface area (Å²) in [6, 6.07) is -0.697. The first-order valence-corrected chi connectivity index (χ1v) is 22.7. The van der Waals surface area contributed by atoms with Gasteiger partial charge in [0.1, 0.15) is 80.2 Å². The number of ketones is 1. The molecule has 0 radical (unpaired) electrons. The SMILES string of the molecule is CC(=O)[C@H](CCCCN)NC(=O)CCCCC(=O)N(CC(=O)NCCO[C@@H]1O[C@@H](C)[C@@H](O)[C@@H](O)[C@@H]1O)CC(=O)N(CCOC1O[C@H](CO)[C@@H](O)[C@H](O)[C@@H]1O)CCOC1O[C@H](CO)[C@@H](O)[C@H](O)[C@@H]1O. The summed E-state index contributed by atoms with van der Waals surface area (Å²) in [6.07, 6.45) is -21.3. The number of Topliss-reactive ketones (excluding diaryl/α,β-unsaturated/α-hetero) is 1. The second kappa shape index (κ2) is 29.9. The Morgan fingerprint density at radius 2 is 1.09 bits per heavy atom. The summed E-state index contributed by atoms with van der Waals surface area (Å²) in [5.41, 5.74) is 5.53. The summed E-state index contributed by atoms with van der Waals surface area (Å²) in [4.78, 5) is 67.8. The molecule has 0 aromatic carbocycles. The highest BCUT2D eigenvalue weighted by atomic mass is 16.7. The maximum atomic E-state index is 14.1. The molecule has 3 aliphatic rings. The van der Waals surface area contributed by atoms with Crippen LogP contribution in [-0.4, -0.2) is 266 Å². The largest absolute Gasteiger partial charge is 0.394 e. The lowest BCUT2D eigenvalue weighted by Crippen LogP contribution is -2.59. The van der Waals surface area contributed by atoms with Crippen molar-refractivity contribution in [2.75, 3.05) is 72.3 Å². The van der Waals surface area contributed by atoms with E-state index in [9.17, 15) is 80.1 Å². The van der Waals surface area contributed by atoms with Crippen LogP contribution in [0.5, 0.6) is 0 Å². The average Bonchev–Trinajstić information content (AvgIpc) is 3.31. The number of aliphatic hydroxyl groups excluding tert-OH is 11. The van der Waals surface area contributed by atoms with Gasteiger partial charge >= 0.3 is 0 Å². The van der Waals surface area contributed by atoms with Crippen molar-refractivity contribution < 1.29 is 109 Å². The Morgan fingerprint density at radius 3 is 1.60 bits per heavy atom. The van der Waals surface area contributed by atoms with Crippen molar-refractivity contribution in [2.24, 2.45) is 5.73 Å². The zero-order valence-corrected chi connectivity index (χ0v) is 38.3. The molecule has 3 fully saturated rings. The van der Waals surface area contributed by atoms with Gasteiger partial charge in [0.2, 0.25) is 23.6 Å². The zero-order valence-electron chi connectivity index (χ0n) is 38.3. The number of hydrogen-bond acceptors (Lipinski definition) is 23. The van der Waals surface area contributed by atoms with E-state index >= 15 is 0 Å². The molecule has 27 heteroatoms. The first-order valence-electron chi connectivity index (χ1n) is 22.7. The molecule has 68 heavy (non-hydrogen) atoms. The molecular weight excluding hydrogens is 914 g/mol. The van der Waals surface area contributed by atoms with Crippen LogP contribution < -0.4 is 16.4 Å². The molecule has 3 rings (SSSR count). The summed E-state index contributed by atoms with van der Waals surface area (Å²) in [6.45, 7) is -1.69. The molecule has 15 N–H and O–H groups in total. The standard InChI is InChI=1S/C41H73N5O22/c1-21(49)23(7-5-6-10-42)44-26(50)8-3-4-9-28(52)46(17-27(51)43-11-14-63-39-36(60)33(57)30(54)22(2)66-39)18-29(53)45(12-15-64-40-37(61)34(58)31(55)24(19-47)67-40)13-16-65-41-38(62)35(59)32(56)25(20-48)68-41/h22-25,30-41,47-48,54-62H,3-20,42H2,1-2H3,(H,43,51)(H,44,50)/t22-,23-,24+,25+,30+,31+,32+,33+,34-,35-,36-,37-,38-,39+,40?,41?/m0/s1. The molecule has 2 unspecified atom stereocenters. The van der Waals surface area contributed by atoms with Crippen LogP contribution in [0.2, 0.25) is 0 Å². The molecule has 0 aliphatic carbocycles. The second-order valence-electron chi connectivity index (χ2n) is 16.9. The summed E-state index contributed by atoms with van der Waals surface area (Å²) < 4.78 is 32.7. The fraction of sp³-hybridized carbons (Fsp3) is 0.878. The monoisotopic (exact) mass is 987 g/mol. The average molecular weight is 988 g/mol. The lowest BCUT2D eigenvalue weighted by atomic mass is 9.99. The van der Waals surface area contributed by atoms with E-state index in [0.717, 1.165) is 9.80 Å². The van der Waals surface area contributed by atoms with E-state index in [0.29, 0.717) is 25.8 Å². The molecule has 16 atom stereocenters. The van der Waals surface area contributed by atoms with E-state index in [1.807, 2.05) is 0 Å². The van der Waals surface area contributed by atoms with Gasteiger partial charge in [-0.1, -0.05) is 0 Å². The molecule has 3 heterocycles. The van der Waals surface area contributed by atoms with E-state index in [2.05, 4.69) is 10.6 Å². The molecule has 0 aromatic heterocycles. The van der Waals surface area contributed by atoms with Gasteiger partial charge < -0.3 is 111 Å². The summed E-state index contributed by atoms with van der Waals surface area (Å²) in [5, 5.41) is 116. The van der Waals surface area contributed by atoms with Crippen LogP contribution >= 0.6 is 0 Å². The van der Waals surface area contributed by atoms with Crippen molar-refractivity contribution in [3.05, 3.63) is 0 Å². The maximum Gasteiger partial charge on any atom is 0.242 e. The van der Waals surface area contributed by atoms with Crippen LogP contribution in [-0.2, 0) is 52.4 Å². The van der Waals surface area contributed by atoms with Gasteiger partial charge in [-0.2, -0.15) is 0 Å². The molecule has 0 saturated carbocycles. The molecule has 0 bridgehead atoms. The Kier molecular flexibility index (Phi) is 26.0. The lowest BCUT2D eigenvalue weighted by Gasteiger charge is -2.40. The van der Waals surface area contributed by atoms with E-state index in [-0.39, 0.29) is 57.7 Å². The van der Waals surface area contributed by atoms with Crippen LogP contribution in [0.15, 0.2) is 0 Å². The van der Waals surface area contributed by atoms with Crippen molar-refractivity contribution in [3.63, 3.8) is 0 Å². The molecule has 0 spiro atoms. The zero-order chi connectivity index (χ0) is 50.7. The van der Waals surface area contributed by atoms with Gasteiger partial charge in [-0.15, -0.1) is 0 Å². The Bertz CT molecular complexity index is 1510. The Hall–Kier alpha value is -3.17. The van der Waals surface area contributed by atoms with Gasteiger partial charge in [-0.25, -0.2) is 0 Å². The topological polar surface area (TPSA) is 420 Å². The minimum absolute atomic E-state index is 0.0434. The number of unbranched alkanes of at least 4 members (excludes halogenated alkanes) is 2. The van der Waals surface area contributed by atoms with Crippen molar-refractivity contribution >= 4 is 29.4 Å². The number of nitrogens with one attached hydrogen (secondary N) is 2. The Balaban J connectivity index is 1.73. The Labute approximate surface area is 393 Å². The van der Waals surface area contributed by atoms with Crippen molar-refractivity contribution in [1.82, 2.24) is 20.4 Å². The summed E-state index contributed by atoms with van der Waals surface area (Å²) in [5.74, 6) is -2.91. The van der Waals surface area contributed by atoms with Crippen molar-refractivity contribution in [3.8, 4) is 0 Å². The first kappa shape index (κ1) is 59.1. The van der Waals surface area contributed by atoms with Crippen molar-refractivity contribution in [2.45, 2.75) is 157 Å². The van der Waals surface area contributed by atoms with Crippen LogP contribution in [0.3, 0.4) is 0 Å². The minimum atomic E-state index is -1.78. The van der Waals surface area contributed by atoms with Gasteiger partial charge in [0.05, 0.1) is 45.2 Å². The van der Waals surface area contributed by atoms with Crippen LogP contribution in [0.25, 0.3) is 0 Å². The third kappa shape index (κ3) is 17.9. The number of carbonyl (C=O) groups excluding carboxylic acids is 5. The Morgan fingerprint density at radius 1 is 0.588 bits per heavy atom. The van der Waals surface area contributed by atoms with Crippen LogP contribution in [0.4, 0.5) is 0 Å². The highest BCUT2D eigenvalue weighted by Gasteiger charge is 2.46. The number of hydrogen-bond donors (Lipinski definition) is 14. The number of nitrogens with two attached hydrogens (primary N) is 1. The van der Waals surface area contributed by atoms with Gasteiger partial charge in [-0.05, 0) is 52.5 Å². The number of nitrogens with zero attached hydrogens (tertiary/aromatic N) is 2. The molecular formula is C41H73N5O22. The van der Waals surface area contributed by atoms with E-state index in [1.165, 1.54) is 13.8 Å². The molecule has 394 valence electrons. The second-order valence-corrected chi connectivity index (χ2v) is 16.9. The molecule has 3 aliphatic heterocycles. The highest BCUT2D eigenvalue weighted by Crippen LogP contribution is 2.24. The molecule has 27 nitrogen and oxygen atoms in total. The smallest absolute Gasteiger partial charge is 0.242 e. The maximum absolute atomic E-state index is 14.1. The molecule has 3 saturated heterocycles. The van der Waals surface area contributed by atoms with Crippen LogP contribution in [0.1, 0.15) is 58.8 Å². The highest BCUT2D eigenvalue weighted by molar-refractivity contribution is 5.89. The minimum Gasteiger partial charge on any atom is -0.394 e. The summed E-state index contributed by atoms with van der Waals surface area (Å²) >= 11 is 0. The van der Waals surface area contributed by atoms with Crippen LogP contribution in [0, 0.1) is 0 Å². The van der Waals surface area contributed by atoms with E-state index in [1.54, 1.807) is 0 Å². The predicted octanol–water partition coefficient (Wildman–Crippen LogP) is -8.00. The normalized spacial score (nSPS) is 32.2. The van der Waals surface area contributed by atoms with Gasteiger partial charge in [-0.3, -0.25) is 24.0 Å². The summed E-state index contributed by atoms with van der Waals surface area (Å²) in [7, 11) is 0.